The molecule has 0 spiro atoms. The minimum absolute atomic E-state index is 0.220. The molecule has 10 heteroatoms. The van der Waals surface area contributed by atoms with Crippen LogP contribution in [0.5, 0.6) is 5.75 Å². The van der Waals surface area contributed by atoms with Crippen LogP contribution in [0.4, 0.5) is 0 Å². The molecule has 1 saturated heterocycles. The van der Waals surface area contributed by atoms with Gasteiger partial charge in [0.25, 0.3) is 0 Å². The number of rotatable bonds is 5. The monoisotopic (exact) mass is 509 g/mol. The molecule has 1 aliphatic rings. The van der Waals surface area contributed by atoms with Crippen LogP contribution in [-0.2, 0) is 14.4 Å². The Morgan fingerprint density at radius 2 is 1.74 bits per heavy atom. The normalized spacial score (nSPS) is 33.4. The lowest BCUT2D eigenvalue weighted by atomic mass is 9.65. The van der Waals surface area contributed by atoms with E-state index < -0.39 is 45.3 Å². The van der Waals surface area contributed by atoms with Crippen LogP contribution in [0.15, 0.2) is 12.1 Å². The largest absolute Gasteiger partial charge is 0.473 e. The van der Waals surface area contributed by atoms with Gasteiger partial charge in [0.15, 0.2) is 39.7 Å². The van der Waals surface area contributed by atoms with E-state index in [0.717, 1.165) is 38.2 Å². The minimum Gasteiger partial charge on any atom is -0.473 e. The summed E-state index contributed by atoms with van der Waals surface area (Å²) in [7, 11) is 0. The van der Waals surface area contributed by atoms with Crippen molar-refractivity contribution in [1.82, 2.24) is 4.98 Å². The molecular formula is C17H20INO7S. The Hall–Kier alpha value is -1.08. The lowest BCUT2D eigenvalue weighted by Gasteiger charge is -2.54. The average molecular weight is 509 g/mol. The van der Waals surface area contributed by atoms with Crippen molar-refractivity contribution in [2.45, 2.75) is 49.9 Å². The zero-order valence-electron chi connectivity index (χ0n) is 15.1. The first-order valence-electron chi connectivity index (χ1n) is 7.94. The summed E-state index contributed by atoms with van der Waals surface area (Å²) in [6.07, 6.45) is 0. The number of aryl methyl sites for hydroxylation is 1. The van der Waals surface area contributed by atoms with Crippen molar-refractivity contribution < 1.29 is 34.4 Å². The van der Waals surface area contributed by atoms with Crippen LogP contribution in [0.25, 0.3) is 0 Å². The summed E-state index contributed by atoms with van der Waals surface area (Å²) >= 11 is 2.66. The van der Waals surface area contributed by atoms with E-state index in [2.05, 4.69) is 4.98 Å². The molecule has 1 aromatic heterocycles. The highest BCUT2D eigenvalue weighted by molar-refractivity contribution is 14.1. The lowest BCUT2D eigenvalue weighted by Crippen LogP contribution is -2.82. The Kier molecular flexibility index (Phi) is 6.08. The van der Waals surface area contributed by atoms with Crippen molar-refractivity contribution in [1.29, 1.82) is 0 Å². The van der Waals surface area contributed by atoms with Gasteiger partial charge in [-0.25, -0.2) is 4.98 Å². The van der Waals surface area contributed by atoms with Gasteiger partial charge in [0.1, 0.15) is 3.70 Å². The number of ketones is 3. The van der Waals surface area contributed by atoms with E-state index in [1.807, 2.05) is 22.6 Å². The summed E-state index contributed by atoms with van der Waals surface area (Å²) in [5.41, 5.74) is -9.33. The molecule has 1 aliphatic heterocycles. The molecule has 2 rings (SSSR count). The molecule has 0 aromatic carbocycles. The Bertz CT molecular complexity index is 818. The van der Waals surface area contributed by atoms with Crippen LogP contribution in [0.1, 0.15) is 26.5 Å². The zero-order chi connectivity index (χ0) is 20.8. The number of aliphatic hydroxyl groups is 3. The summed E-state index contributed by atoms with van der Waals surface area (Å²) in [5.74, 6) is -3.32. The maximum absolute atomic E-state index is 12.4. The molecule has 0 radical (unpaired) electrons. The summed E-state index contributed by atoms with van der Waals surface area (Å²) in [4.78, 5) is 41.0. The number of hydrogen-bond acceptors (Lipinski definition) is 9. The summed E-state index contributed by atoms with van der Waals surface area (Å²) in [5, 5.41) is 33.0. The van der Waals surface area contributed by atoms with Gasteiger partial charge in [-0.2, -0.15) is 0 Å². The smallest absolute Gasteiger partial charge is 0.208 e. The molecule has 0 aliphatic carbocycles. The maximum atomic E-state index is 12.4. The molecule has 0 bridgehead atoms. The van der Waals surface area contributed by atoms with Crippen molar-refractivity contribution in [3.8, 4) is 5.75 Å². The van der Waals surface area contributed by atoms with Gasteiger partial charge in [0.2, 0.25) is 5.60 Å². The van der Waals surface area contributed by atoms with Gasteiger partial charge in [-0.3, -0.25) is 14.4 Å². The molecule has 0 saturated carbocycles. The van der Waals surface area contributed by atoms with Gasteiger partial charge in [0.05, 0.1) is 0 Å². The van der Waals surface area contributed by atoms with E-state index in [1.54, 1.807) is 19.1 Å². The van der Waals surface area contributed by atoms with Crippen LogP contribution >= 0.6 is 34.4 Å². The van der Waals surface area contributed by atoms with Crippen molar-refractivity contribution in [3.63, 3.8) is 0 Å². The second-order valence-corrected chi connectivity index (χ2v) is 8.58. The number of aromatic nitrogens is 1. The average Bonchev–Trinajstić information content (AvgIpc) is 2.56. The first kappa shape index (κ1) is 22.2. The maximum Gasteiger partial charge on any atom is 0.208 e. The summed E-state index contributed by atoms with van der Waals surface area (Å²) < 4.78 is 6.17. The Morgan fingerprint density at radius 3 is 2.19 bits per heavy atom. The van der Waals surface area contributed by atoms with Gasteiger partial charge < -0.3 is 20.1 Å². The highest BCUT2D eigenvalue weighted by Crippen LogP contribution is 2.49. The van der Waals surface area contributed by atoms with Crippen LogP contribution < -0.4 is 4.74 Å². The van der Waals surface area contributed by atoms with E-state index in [0.29, 0.717) is 3.70 Å². The van der Waals surface area contributed by atoms with Gasteiger partial charge in [-0.15, -0.1) is 11.8 Å². The van der Waals surface area contributed by atoms with Gasteiger partial charge in [-0.1, -0.05) is 0 Å². The van der Waals surface area contributed by atoms with Crippen LogP contribution in [-0.4, -0.2) is 65.6 Å². The molecule has 0 amide bonds. The van der Waals surface area contributed by atoms with E-state index in [1.165, 1.54) is 0 Å². The molecule has 3 N–H and O–H groups in total. The molecule has 8 nitrogen and oxygen atoms in total. The van der Waals surface area contributed by atoms with Crippen LogP contribution in [0.2, 0.25) is 0 Å². The van der Waals surface area contributed by atoms with Crippen molar-refractivity contribution in [2.75, 3.05) is 5.75 Å². The second kappa shape index (κ2) is 7.39. The number of thioether (sulfide) groups is 1. The zero-order valence-corrected chi connectivity index (χ0v) is 18.1. The second-order valence-electron chi connectivity index (χ2n) is 6.51. The number of Topliss-reactive ketones (excluding diaryl/α,β-unsaturated/α-hetero) is 3. The third kappa shape index (κ3) is 3.20. The van der Waals surface area contributed by atoms with Crippen LogP contribution in [0.3, 0.4) is 0 Å². The van der Waals surface area contributed by atoms with E-state index in [-0.39, 0.29) is 5.75 Å². The molecule has 148 valence electrons. The minimum atomic E-state index is -3.07. The third-order valence-electron chi connectivity index (χ3n) is 4.75. The van der Waals surface area contributed by atoms with Crippen molar-refractivity contribution >= 4 is 51.7 Å². The molecule has 2 heterocycles. The predicted molar refractivity (Wildman–Crippen MR) is 105 cm³/mol. The number of hydrogen-bond donors (Lipinski definition) is 3. The van der Waals surface area contributed by atoms with Gasteiger partial charge in [-0.05, 0) is 62.4 Å². The number of pyridine rings is 1. The Labute approximate surface area is 173 Å². The fourth-order valence-electron chi connectivity index (χ4n) is 3.08. The number of carbonyl (C=O) groups is 3. The molecule has 1 aromatic rings. The van der Waals surface area contributed by atoms with E-state index in [9.17, 15) is 29.7 Å². The molecular weight excluding hydrogens is 489 g/mol. The number of halogens is 1. The van der Waals surface area contributed by atoms with Gasteiger partial charge in [0, 0.05) is 11.4 Å². The SMILES string of the molecule is CC(=O)[C@]1(O)[C@@](O)(C(C)=O)CS[C@H](Oc2ccc(C)nc2I)[C@@]1(O)C(C)=O. The number of nitrogens with zero attached hydrogens (tertiary/aromatic N) is 1. The molecule has 4 atom stereocenters. The summed E-state index contributed by atoms with van der Waals surface area (Å²) in [6.45, 7) is 4.60. The first-order valence-corrected chi connectivity index (χ1v) is 10.1. The van der Waals surface area contributed by atoms with E-state index >= 15 is 0 Å². The number of ether oxygens (including phenoxy) is 1. The topological polar surface area (TPSA) is 134 Å². The Morgan fingerprint density at radius 1 is 1.15 bits per heavy atom. The van der Waals surface area contributed by atoms with Crippen molar-refractivity contribution in [3.05, 3.63) is 21.5 Å². The highest BCUT2D eigenvalue weighted by Gasteiger charge is 2.75. The van der Waals surface area contributed by atoms with Gasteiger partial charge >= 0.3 is 0 Å². The number of carbonyl (C=O) groups excluding carboxylic acids is 3. The lowest BCUT2D eigenvalue weighted by molar-refractivity contribution is -0.236. The standard InChI is InChI=1S/C17H20INO7S/c1-8-5-6-12(13(18)19-8)26-14-16(24,10(3)21)17(25,11(4)22)15(23,7-27-14)9(2)20/h5-6,14,23-25H,7H2,1-4H3/t14-,15-,16-,17-/m0/s1. The predicted octanol–water partition coefficient (Wildman–Crippen LogP) is 0.407. The van der Waals surface area contributed by atoms with E-state index in [4.69, 9.17) is 4.74 Å². The first-order chi connectivity index (χ1) is 12.3. The quantitative estimate of drug-likeness (QED) is 0.381. The third-order valence-corrected chi connectivity index (χ3v) is 6.85. The van der Waals surface area contributed by atoms with Crippen molar-refractivity contribution in [2.24, 2.45) is 0 Å². The fourth-order valence-corrected chi connectivity index (χ4v) is 5.32. The molecule has 27 heavy (non-hydrogen) atoms. The highest BCUT2D eigenvalue weighted by atomic mass is 127. The summed E-state index contributed by atoms with van der Waals surface area (Å²) in [6, 6.07) is 3.23. The fraction of sp³-hybridized carbons (Fsp3) is 0.529. The Balaban J connectivity index is 2.63. The molecule has 0 unspecified atom stereocenters. The van der Waals surface area contributed by atoms with Crippen LogP contribution in [0, 0.1) is 10.6 Å². The molecule has 1 fully saturated rings.